The van der Waals surface area contributed by atoms with Gasteiger partial charge in [-0.1, -0.05) is 19.4 Å². The third-order valence-corrected chi connectivity index (χ3v) is 3.23. The van der Waals surface area contributed by atoms with Gasteiger partial charge in [-0.05, 0) is 37.3 Å². The van der Waals surface area contributed by atoms with Gasteiger partial charge in [0.15, 0.2) is 0 Å². The van der Waals surface area contributed by atoms with Gasteiger partial charge in [-0.3, -0.25) is 4.98 Å². The van der Waals surface area contributed by atoms with Crippen LogP contribution < -0.4 is 5.32 Å². The van der Waals surface area contributed by atoms with Gasteiger partial charge in [0, 0.05) is 18.8 Å². The Morgan fingerprint density at radius 1 is 1.53 bits per heavy atom. The van der Waals surface area contributed by atoms with Crippen LogP contribution in [-0.4, -0.2) is 11.0 Å². The predicted octanol–water partition coefficient (Wildman–Crippen LogP) is 2.67. The molecule has 2 unspecified atom stereocenters. The fourth-order valence-corrected chi connectivity index (χ4v) is 2.12. The summed E-state index contributed by atoms with van der Waals surface area (Å²) >= 11 is 0. The molecule has 15 heavy (non-hydrogen) atoms. The highest BCUT2D eigenvalue weighted by atomic mass is 15.0. The first-order chi connectivity index (χ1) is 7.31. The van der Waals surface area contributed by atoms with Crippen molar-refractivity contribution in [2.75, 3.05) is 0 Å². The minimum Gasteiger partial charge on any atom is -0.308 e. The maximum absolute atomic E-state index is 4.39. The first-order valence-corrected chi connectivity index (χ1v) is 5.95. The van der Waals surface area contributed by atoms with Gasteiger partial charge < -0.3 is 5.32 Å². The highest BCUT2D eigenvalue weighted by Gasteiger charge is 2.35. The van der Waals surface area contributed by atoms with E-state index in [1.165, 1.54) is 30.5 Å². The maximum atomic E-state index is 4.39. The lowest BCUT2D eigenvalue weighted by atomic mass is 10.2. The van der Waals surface area contributed by atoms with Crippen LogP contribution in [0, 0.1) is 12.8 Å². The molecule has 1 N–H and O–H groups in total. The van der Waals surface area contributed by atoms with Gasteiger partial charge in [0.25, 0.3) is 0 Å². The molecule has 2 nitrogen and oxygen atoms in total. The first kappa shape index (κ1) is 10.6. The number of hydrogen-bond acceptors (Lipinski definition) is 2. The van der Waals surface area contributed by atoms with Crippen LogP contribution in [0.3, 0.4) is 0 Å². The Morgan fingerprint density at radius 3 is 3.13 bits per heavy atom. The molecule has 0 bridgehead atoms. The number of rotatable bonds is 5. The lowest BCUT2D eigenvalue weighted by Gasteiger charge is -2.05. The van der Waals surface area contributed by atoms with Gasteiger partial charge in [-0.15, -0.1) is 0 Å². The third-order valence-electron chi connectivity index (χ3n) is 3.23. The normalized spacial score (nSPS) is 24.1. The summed E-state index contributed by atoms with van der Waals surface area (Å²) in [5, 5.41) is 3.59. The van der Waals surface area contributed by atoms with E-state index in [-0.39, 0.29) is 0 Å². The van der Waals surface area contributed by atoms with E-state index in [1.54, 1.807) is 0 Å². The zero-order valence-electron chi connectivity index (χ0n) is 9.66. The molecular formula is C13H20N2. The number of nitrogens with zero attached hydrogens (tertiary/aromatic N) is 1. The van der Waals surface area contributed by atoms with E-state index in [0.717, 1.165) is 18.5 Å². The summed E-state index contributed by atoms with van der Waals surface area (Å²) < 4.78 is 0. The highest BCUT2D eigenvalue weighted by molar-refractivity contribution is 5.17. The van der Waals surface area contributed by atoms with E-state index < -0.39 is 0 Å². The molecule has 1 aliphatic rings. The van der Waals surface area contributed by atoms with Crippen molar-refractivity contribution in [3.63, 3.8) is 0 Å². The SMILES string of the molecule is CCCC1CC1NCc1ncccc1C. The first-order valence-electron chi connectivity index (χ1n) is 5.95. The minimum absolute atomic E-state index is 0.756. The molecule has 1 aromatic rings. The van der Waals surface area contributed by atoms with E-state index in [1.807, 2.05) is 12.3 Å². The average Bonchev–Trinajstić information content (AvgIpc) is 2.96. The van der Waals surface area contributed by atoms with Crippen molar-refractivity contribution >= 4 is 0 Å². The Hall–Kier alpha value is -0.890. The van der Waals surface area contributed by atoms with Gasteiger partial charge >= 0.3 is 0 Å². The van der Waals surface area contributed by atoms with Crippen molar-refractivity contribution < 1.29 is 0 Å². The van der Waals surface area contributed by atoms with E-state index in [0.29, 0.717) is 0 Å². The topological polar surface area (TPSA) is 24.9 Å². The fraction of sp³-hybridized carbons (Fsp3) is 0.615. The fourth-order valence-electron chi connectivity index (χ4n) is 2.12. The van der Waals surface area contributed by atoms with Crippen molar-refractivity contribution in [2.45, 2.75) is 45.7 Å². The van der Waals surface area contributed by atoms with Crippen LogP contribution in [-0.2, 0) is 6.54 Å². The van der Waals surface area contributed by atoms with Crippen LogP contribution in [0.5, 0.6) is 0 Å². The molecule has 0 spiro atoms. The van der Waals surface area contributed by atoms with Gasteiger partial charge in [0.2, 0.25) is 0 Å². The highest BCUT2D eigenvalue weighted by Crippen LogP contribution is 2.34. The Kier molecular flexibility index (Phi) is 3.37. The van der Waals surface area contributed by atoms with Crippen molar-refractivity contribution in [3.8, 4) is 0 Å². The zero-order chi connectivity index (χ0) is 10.7. The number of aromatic nitrogens is 1. The largest absolute Gasteiger partial charge is 0.308 e. The molecule has 1 aromatic heterocycles. The van der Waals surface area contributed by atoms with E-state index in [4.69, 9.17) is 0 Å². The van der Waals surface area contributed by atoms with Crippen molar-refractivity contribution in [3.05, 3.63) is 29.6 Å². The summed E-state index contributed by atoms with van der Waals surface area (Å²) in [6.07, 6.45) is 5.92. The lowest BCUT2D eigenvalue weighted by Crippen LogP contribution is -2.19. The van der Waals surface area contributed by atoms with Gasteiger partial charge in [-0.2, -0.15) is 0 Å². The van der Waals surface area contributed by atoms with Crippen LogP contribution in [0.4, 0.5) is 0 Å². The van der Waals surface area contributed by atoms with Gasteiger partial charge in [0.05, 0.1) is 5.69 Å². The smallest absolute Gasteiger partial charge is 0.0570 e. The average molecular weight is 204 g/mol. The summed E-state index contributed by atoms with van der Waals surface area (Å²) in [6.45, 7) is 5.32. The number of hydrogen-bond donors (Lipinski definition) is 1. The van der Waals surface area contributed by atoms with E-state index >= 15 is 0 Å². The second kappa shape index (κ2) is 4.75. The Labute approximate surface area is 92.1 Å². The van der Waals surface area contributed by atoms with Crippen molar-refractivity contribution in [1.29, 1.82) is 0 Å². The number of nitrogens with one attached hydrogen (secondary N) is 1. The molecule has 2 heteroatoms. The molecule has 2 atom stereocenters. The summed E-state index contributed by atoms with van der Waals surface area (Å²) in [5.74, 6) is 0.930. The van der Waals surface area contributed by atoms with Crippen LogP contribution in [0.2, 0.25) is 0 Å². The summed E-state index contributed by atoms with van der Waals surface area (Å²) in [5.41, 5.74) is 2.48. The monoisotopic (exact) mass is 204 g/mol. The zero-order valence-corrected chi connectivity index (χ0v) is 9.66. The number of aryl methyl sites for hydroxylation is 1. The standard InChI is InChI=1S/C13H20N2/c1-3-5-11-8-12(11)15-9-13-10(2)6-4-7-14-13/h4,6-7,11-12,15H,3,5,8-9H2,1-2H3. The molecule has 0 radical (unpaired) electrons. The summed E-state index contributed by atoms with van der Waals surface area (Å²) in [7, 11) is 0. The molecule has 1 heterocycles. The molecule has 2 rings (SSSR count). The van der Waals surface area contributed by atoms with E-state index in [2.05, 4.69) is 30.2 Å². The van der Waals surface area contributed by atoms with Crippen LogP contribution >= 0.6 is 0 Å². The van der Waals surface area contributed by atoms with Crippen molar-refractivity contribution in [2.24, 2.45) is 5.92 Å². The minimum atomic E-state index is 0.756. The molecular weight excluding hydrogens is 184 g/mol. The molecule has 82 valence electrons. The van der Waals surface area contributed by atoms with Crippen LogP contribution in [0.15, 0.2) is 18.3 Å². The van der Waals surface area contributed by atoms with Gasteiger partial charge in [-0.25, -0.2) is 0 Å². The lowest BCUT2D eigenvalue weighted by molar-refractivity contribution is 0.593. The molecule has 0 aliphatic heterocycles. The molecule has 1 saturated carbocycles. The molecule has 0 aromatic carbocycles. The third kappa shape index (κ3) is 2.78. The van der Waals surface area contributed by atoms with Gasteiger partial charge in [0.1, 0.15) is 0 Å². The van der Waals surface area contributed by atoms with Crippen molar-refractivity contribution in [1.82, 2.24) is 10.3 Å². The quantitative estimate of drug-likeness (QED) is 0.797. The molecule has 1 fully saturated rings. The predicted molar refractivity (Wildman–Crippen MR) is 62.6 cm³/mol. The Balaban J connectivity index is 1.78. The Bertz CT molecular complexity index is 322. The second-order valence-corrected chi connectivity index (χ2v) is 4.54. The Morgan fingerprint density at radius 2 is 2.40 bits per heavy atom. The summed E-state index contributed by atoms with van der Waals surface area (Å²) in [6, 6.07) is 4.88. The van der Waals surface area contributed by atoms with Crippen LogP contribution in [0.25, 0.3) is 0 Å². The second-order valence-electron chi connectivity index (χ2n) is 4.54. The maximum Gasteiger partial charge on any atom is 0.0570 e. The molecule has 1 aliphatic carbocycles. The van der Waals surface area contributed by atoms with Crippen LogP contribution in [0.1, 0.15) is 37.4 Å². The van der Waals surface area contributed by atoms with E-state index in [9.17, 15) is 0 Å². The molecule has 0 amide bonds. The summed E-state index contributed by atoms with van der Waals surface area (Å²) in [4.78, 5) is 4.39. The number of pyridine rings is 1. The molecule has 0 saturated heterocycles.